The number of ether oxygens (including phenoxy) is 1. The highest BCUT2D eigenvalue weighted by atomic mass is 16.5. The molecule has 0 atom stereocenters. The lowest BCUT2D eigenvalue weighted by molar-refractivity contribution is 0.245. The fraction of sp³-hybridized carbons (Fsp3) is 0.407. The SMILES string of the molecule is CCCc1cc(-c2cc(=O)n3cc(C4=CCN(C(C)C)CC4)cc(C)c3n2)ccc1OC. The van der Waals surface area contributed by atoms with Crippen LogP contribution in [0.5, 0.6) is 5.75 Å². The first-order valence-electron chi connectivity index (χ1n) is 11.6. The molecule has 1 aliphatic rings. The minimum Gasteiger partial charge on any atom is -0.496 e. The topological polar surface area (TPSA) is 46.8 Å². The molecule has 0 bridgehead atoms. The van der Waals surface area contributed by atoms with Gasteiger partial charge in [-0.2, -0.15) is 0 Å². The Balaban J connectivity index is 1.74. The highest BCUT2D eigenvalue weighted by Gasteiger charge is 2.17. The number of methoxy groups -OCH3 is 1. The average Bonchev–Trinajstić information content (AvgIpc) is 2.79. The van der Waals surface area contributed by atoms with Crippen LogP contribution in [0.25, 0.3) is 22.5 Å². The molecule has 0 unspecified atom stereocenters. The molecule has 5 heteroatoms. The average molecular weight is 432 g/mol. The maximum Gasteiger partial charge on any atom is 0.258 e. The Morgan fingerprint density at radius 2 is 1.97 bits per heavy atom. The normalized spacial score (nSPS) is 14.8. The van der Waals surface area contributed by atoms with E-state index in [1.807, 2.05) is 25.3 Å². The molecule has 0 N–H and O–H groups in total. The summed E-state index contributed by atoms with van der Waals surface area (Å²) in [5, 5.41) is 0. The zero-order chi connectivity index (χ0) is 22.8. The molecule has 5 nitrogen and oxygen atoms in total. The molecule has 0 radical (unpaired) electrons. The van der Waals surface area contributed by atoms with Gasteiger partial charge >= 0.3 is 0 Å². The number of benzene rings is 1. The summed E-state index contributed by atoms with van der Waals surface area (Å²) in [4.78, 5) is 20.4. The molecule has 2 aromatic heterocycles. The van der Waals surface area contributed by atoms with Crippen molar-refractivity contribution >= 4 is 11.2 Å². The van der Waals surface area contributed by atoms with Gasteiger partial charge in [0.1, 0.15) is 11.4 Å². The Hall–Kier alpha value is -2.92. The van der Waals surface area contributed by atoms with E-state index >= 15 is 0 Å². The van der Waals surface area contributed by atoms with Crippen LogP contribution in [-0.2, 0) is 6.42 Å². The van der Waals surface area contributed by atoms with Crippen molar-refractivity contribution in [2.45, 2.75) is 53.0 Å². The minimum absolute atomic E-state index is 0.0528. The van der Waals surface area contributed by atoms with Crippen molar-refractivity contribution < 1.29 is 4.74 Å². The van der Waals surface area contributed by atoms with Gasteiger partial charge in [0.2, 0.25) is 0 Å². The standard InChI is InChI=1S/C27H33N3O2/c1-6-7-22-15-21(8-9-25(22)32-5)24-16-26(31)30-17-23(14-19(4)27(30)28-24)20-10-12-29(13-11-20)18(2)3/h8-10,14-18H,6-7,11-13H2,1-5H3. The number of rotatable bonds is 6. The number of hydrogen-bond acceptors (Lipinski definition) is 4. The number of aryl methyl sites for hydroxylation is 2. The van der Waals surface area contributed by atoms with Gasteiger partial charge in [0.05, 0.1) is 12.8 Å². The summed E-state index contributed by atoms with van der Waals surface area (Å²) in [6, 6.07) is 10.4. The van der Waals surface area contributed by atoms with E-state index in [1.165, 1.54) is 5.57 Å². The van der Waals surface area contributed by atoms with Crippen LogP contribution >= 0.6 is 0 Å². The van der Waals surface area contributed by atoms with Crippen LogP contribution in [0.1, 0.15) is 50.3 Å². The van der Waals surface area contributed by atoms with Crippen LogP contribution in [-0.4, -0.2) is 40.5 Å². The zero-order valence-electron chi connectivity index (χ0n) is 19.8. The van der Waals surface area contributed by atoms with E-state index in [0.717, 1.165) is 60.4 Å². The van der Waals surface area contributed by atoms with Gasteiger partial charge in [-0.3, -0.25) is 14.1 Å². The number of hydrogen-bond donors (Lipinski definition) is 0. The molecule has 3 aromatic rings. The van der Waals surface area contributed by atoms with E-state index in [1.54, 1.807) is 17.6 Å². The first-order chi connectivity index (χ1) is 15.4. The highest BCUT2D eigenvalue weighted by molar-refractivity contribution is 5.70. The summed E-state index contributed by atoms with van der Waals surface area (Å²) in [5.74, 6) is 0.880. The number of pyridine rings is 1. The van der Waals surface area contributed by atoms with E-state index in [9.17, 15) is 4.79 Å². The van der Waals surface area contributed by atoms with E-state index in [0.29, 0.717) is 17.4 Å². The van der Waals surface area contributed by atoms with E-state index in [-0.39, 0.29) is 5.56 Å². The highest BCUT2D eigenvalue weighted by Crippen LogP contribution is 2.28. The van der Waals surface area contributed by atoms with E-state index < -0.39 is 0 Å². The fourth-order valence-corrected chi connectivity index (χ4v) is 4.51. The number of fused-ring (bicyclic) bond motifs is 1. The largest absolute Gasteiger partial charge is 0.496 e. The molecule has 0 fully saturated rings. The summed E-state index contributed by atoms with van der Waals surface area (Å²) < 4.78 is 7.19. The Morgan fingerprint density at radius 3 is 2.62 bits per heavy atom. The Kier molecular flexibility index (Phi) is 6.47. The predicted octanol–water partition coefficient (Wildman–Crippen LogP) is 5.13. The smallest absolute Gasteiger partial charge is 0.258 e. The van der Waals surface area contributed by atoms with Crippen LogP contribution in [0.15, 0.2) is 47.4 Å². The van der Waals surface area contributed by atoms with Crippen LogP contribution in [0.2, 0.25) is 0 Å². The third-order valence-corrected chi connectivity index (χ3v) is 6.38. The molecule has 0 spiro atoms. The number of nitrogens with zero attached hydrogens (tertiary/aromatic N) is 3. The lowest BCUT2D eigenvalue weighted by atomic mass is 9.99. The van der Waals surface area contributed by atoms with Crippen molar-refractivity contribution in [2.24, 2.45) is 0 Å². The minimum atomic E-state index is -0.0528. The first-order valence-corrected chi connectivity index (χ1v) is 11.6. The maximum absolute atomic E-state index is 13.1. The summed E-state index contributed by atoms with van der Waals surface area (Å²) in [7, 11) is 1.69. The second-order valence-corrected chi connectivity index (χ2v) is 8.93. The van der Waals surface area contributed by atoms with Crippen LogP contribution in [0, 0.1) is 6.92 Å². The summed E-state index contributed by atoms with van der Waals surface area (Å²) in [6.07, 6.45) is 7.20. The second-order valence-electron chi connectivity index (χ2n) is 8.93. The molecule has 3 heterocycles. The molecule has 1 aromatic carbocycles. The second kappa shape index (κ2) is 9.29. The Labute approximate surface area is 190 Å². The molecule has 1 aliphatic heterocycles. The fourth-order valence-electron chi connectivity index (χ4n) is 4.51. The van der Waals surface area contributed by atoms with Crippen molar-refractivity contribution in [3.63, 3.8) is 0 Å². The number of aromatic nitrogens is 2. The molecule has 0 saturated carbocycles. The van der Waals surface area contributed by atoms with Gasteiger partial charge in [0.25, 0.3) is 5.56 Å². The summed E-state index contributed by atoms with van der Waals surface area (Å²) in [6.45, 7) is 10.6. The summed E-state index contributed by atoms with van der Waals surface area (Å²) in [5.41, 5.74) is 6.88. The molecule has 32 heavy (non-hydrogen) atoms. The van der Waals surface area contributed by atoms with Gasteiger partial charge in [-0.15, -0.1) is 0 Å². The predicted molar refractivity (Wildman–Crippen MR) is 131 cm³/mol. The Morgan fingerprint density at radius 1 is 1.16 bits per heavy atom. The van der Waals surface area contributed by atoms with Crippen molar-refractivity contribution in [2.75, 3.05) is 20.2 Å². The molecule has 0 aliphatic carbocycles. The van der Waals surface area contributed by atoms with Crippen LogP contribution < -0.4 is 10.3 Å². The maximum atomic E-state index is 13.1. The molecule has 4 rings (SSSR count). The van der Waals surface area contributed by atoms with Gasteiger partial charge in [-0.25, -0.2) is 4.98 Å². The van der Waals surface area contributed by atoms with Gasteiger partial charge < -0.3 is 4.74 Å². The van der Waals surface area contributed by atoms with E-state index in [4.69, 9.17) is 9.72 Å². The third-order valence-electron chi connectivity index (χ3n) is 6.38. The molecule has 0 saturated heterocycles. The van der Waals surface area contributed by atoms with Crippen molar-refractivity contribution in [1.82, 2.24) is 14.3 Å². The Bertz CT molecular complexity index is 1220. The zero-order valence-corrected chi connectivity index (χ0v) is 19.8. The summed E-state index contributed by atoms with van der Waals surface area (Å²) >= 11 is 0. The van der Waals surface area contributed by atoms with E-state index in [2.05, 4.69) is 43.9 Å². The first kappa shape index (κ1) is 22.3. The third kappa shape index (κ3) is 4.35. The van der Waals surface area contributed by atoms with Crippen LogP contribution in [0.3, 0.4) is 0 Å². The van der Waals surface area contributed by atoms with Gasteiger partial charge in [0, 0.05) is 37.0 Å². The van der Waals surface area contributed by atoms with Crippen molar-refractivity contribution in [1.29, 1.82) is 0 Å². The lowest BCUT2D eigenvalue weighted by Gasteiger charge is -2.29. The molecule has 0 amide bonds. The molecular weight excluding hydrogens is 398 g/mol. The van der Waals surface area contributed by atoms with Crippen molar-refractivity contribution in [3.05, 3.63) is 69.6 Å². The molecule has 168 valence electrons. The lowest BCUT2D eigenvalue weighted by Crippen LogP contribution is -2.34. The van der Waals surface area contributed by atoms with Gasteiger partial charge in [-0.05, 0) is 80.1 Å². The quantitative estimate of drug-likeness (QED) is 0.543. The van der Waals surface area contributed by atoms with Crippen molar-refractivity contribution in [3.8, 4) is 17.0 Å². The van der Waals surface area contributed by atoms with Gasteiger partial charge in [0.15, 0.2) is 0 Å². The van der Waals surface area contributed by atoms with Crippen LogP contribution in [0.4, 0.5) is 0 Å². The molecular formula is C27H33N3O2. The monoisotopic (exact) mass is 431 g/mol. The van der Waals surface area contributed by atoms with Gasteiger partial charge in [-0.1, -0.05) is 19.4 Å².